The van der Waals surface area contributed by atoms with Gasteiger partial charge in [-0.15, -0.1) is 6.42 Å². The second-order valence-electron chi connectivity index (χ2n) is 3.80. The third-order valence-electron chi connectivity index (χ3n) is 1.79. The Kier molecular flexibility index (Phi) is 5.02. The van der Waals surface area contributed by atoms with Crippen LogP contribution < -0.4 is 10.6 Å². The number of hydrogen-bond donors (Lipinski definition) is 3. The maximum Gasteiger partial charge on any atom is 0.322 e. The van der Waals surface area contributed by atoms with Gasteiger partial charge >= 0.3 is 12.0 Å². The van der Waals surface area contributed by atoms with Crippen LogP contribution in [0.4, 0.5) is 4.79 Å². The molecule has 0 saturated heterocycles. The van der Waals surface area contributed by atoms with E-state index in [1.54, 1.807) is 0 Å². The minimum atomic E-state index is -1.21. The number of rotatable bonds is 4. The molecule has 0 atom stereocenters. The van der Waals surface area contributed by atoms with Crippen molar-refractivity contribution >= 4 is 17.9 Å². The number of amides is 3. The molecule has 0 heterocycles. The molecule has 88 valence electrons. The number of carboxylic acid groups (broad SMARTS) is 1. The molecule has 6 nitrogen and oxygen atoms in total. The van der Waals surface area contributed by atoms with Gasteiger partial charge in [0.25, 0.3) is 0 Å². The average molecular weight is 226 g/mol. The molecule has 0 aromatic heterocycles. The van der Waals surface area contributed by atoms with Gasteiger partial charge in [0.1, 0.15) is 0 Å². The predicted octanol–water partition coefficient (Wildman–Crippen LogP) is -0.0537. The van der Waals surface area contributed by atoms with Crippen LogP contribution in [0, 0.1) is 17.8 Å². The van der Waals surface area contributed by atoms with Gasteiger partial charge in [-0.3, -0.25) is 14.9 Å². The highest BCUT2D eigenvalue weighted by atomic mass is 16.4. The van der Waals surface area contributed by atoms with E-state index in [-0.39, 0.29) is 13.0 Å². The molecule has 3 N–H and O–H groups in total. The molecule has 0 aromatic rings. The fraction of sp³-hybridized carbons (Fsp3) is 0.500. The van der Waals surface area contributed by atoms with E-state index in [1.807, 2.05) is 5.32 Å². The van der Waals surface area contributed by atoms with Gasteiger partial charge in [-0.05, 0) is 13.8 Å². The number of nitrogens with one attached hydrogen (secondary N) is 2. The molecular weight excluding hydrogens is 212 g/mol. The molecule has 0 aliphatic carbocycles. The second kappa shape index (κ2) is 5.75. The molecule has 0 saturated carbocycles. The van der Waals surface area contributed by atoms with Crippen LogP contribution >= 0.6 is 0 Å². The van der Waals surface area contributed by atoms with E-state index in [0.717, 1.165) is 0 Å². The van der Waals surface area contributed by atoms with Gasteiger partial charge in [-0.1, -0.05) is 5.92 Å². The van der Waals surface area contributed by atoms with Gasteiger partial charge in [0.15, 0.2) is 0 Å². The Labute approximate surface area is 93.4 Å². The number of carbonyl (C=O) groups is 3. The SMILES string of the molecule is C#CCNC(=O)NC(=O)CC(C)(C)C(=O)O. The van der Waals surface area contributed by atoms with E-state index < -0.39 is 23.3 Å². The topological polar surface area (TPSA) is 95.5 Å². The summed E-state index contributed by atoms with van der Waals surface area (Å²) >= 11 is 0. The number of carboxylic acids is 1. The van der Waals surface area contributed by atoms with E-state index in [9.17, 15) is 14.4 Å². The Morgan fingerprint density at radius 1 is 1.38 bits per heavy atom. The van der Waals surface area contributed by atoms with Crippen molar-refractivity contribution in [3.8, 4) is 12.3 Å². The lowest BCUT2D eigenvalue weighted by atomic mass is 9.89. The molecule has 16 heavy (non-hydrogen) atoms. The molecular formula is C10H14N2O4. The van der Waals surface area contributed by atoms with E-state index >= 15 is 0 Å². The Hall–Kier alpha value is -2.03. The van der Waals surface area contributed by atoms with E-state index in [0.29, 0.717) is 0 Å². The molecule has 0 spiro atoms. The third-order valence-corrected chi connectivity index (χ3v) is 1.79. The van der Waals surface area contributed by atoms with Crippen LogP contribution in [0.15, 0.2) is 0 Å². The van der Waals surface area contributed by atoms with Crippen molar-refractivity contribution < 1.29 is 19.5 Å². The molecule has 0 fully saturated rings. The van der Waals surface area contributed by atoms with Crippen LogP contribution in [-0.2, 0) is 9.59 Å². The summed E-state index contributed by atoms with van der Waals surface area (Å²) in [4.78, 5) is 32.9. The first kappa shape index (κ1) is 14.0. The number of urea groups is 1. The number of carbonyl (C=O) groups excluding carboxylic acids is 2. The van der Waals surface area contributed by atoms with Crippen molar-refractivity contribution in [1.29, 1.82) is 0 Å². The number of imide groups is 1. The van der Waals surface area contributed by atoms with Gasteiger partial charge < -0.3 is 10.4 Å². The zero-order valence-electron chi connectivity index (χ0n) is 9.16. The van der Waals surface area contributed by atoms with Crippen molar-refractivity contribution in [1.82, 2.24) is 10.6 Å². The minimum absolute atomic E-state index is 0.00143. The summed E-state index contributed by atoms with van der Waals surface area (Å²) in [5, 5.41) is 13.0. The zero-order chi connectivity index (χ0) is 12.8. The highest BCUT2D eigenvalue weighted by molar-refractivity contribution is 5.96. The molecule has 0 radical (unpaired) electrons. The maximum absolute atomic E-state index is 11.2. The van der Waals surface area contributed by atoms with Crippen molar-refractivity contribution in [2.24, 2.45) is 5.41 Å². The lowest BCUT2D eigenvalue weighted by Gasteiger charge is -2.17. The quantitative estimate of drug-likeness (QED) is 0.585. The number of terminal acetylenes is 1. The highest BCUT2D eigenvalue weighted by Crippen LogP contribution is 2.19. The highest BCUT2D eigenvalue weighted by Gasteiger charge is 2.30. The van der Waals surface area contributed by atoms with Gasteiger partial charge in [0, 0.05) is 6.42 Å². The van der Waals surface area contributed by atoms with E-state index in [2.05, 4.69) is 11.2 Å². The molecule has 0 aliphatic heterocycles. The number of aliphatic carboxylic acids is 1. The van der Waals surface area contributed by atoms with Crippen molar-refractivity contribution in [3.05, 3.63) is 0 Å². The molecule has 0 aromatic carbocycles. The Morgan fingerprint density at radius 2 is 1.94 bits per heavy atom. The largest absolute Gasteiger partial charge is 0.481 e. The minimum Gasteiger partial charge on any atom is -0.481 e. The standard InChI is InChI=1S/C10H14N2O4/c1-4-5-11-9(16)12-7(13)6-10(2,3)8(14)15/h1H,5-6H2,2-3H3,(H,14,15)(H2,11,12,13,16). The van der Waals surface area contributed by atoms with Crippen LogP contribution in [0.1, 0.15) is 20.3 Å². The first-order valence-corrected chi connectivity index (χ1v) is 4.54. The first-order valence-electron chi connectivity index (χ1n) is 4.54. The Bertz CT molecular complexity index is 341. The van der Waals surface area contributed by atoms with E-state index in [1.165, 1.54) is 13.8 Å². The van der Waals surface area contributed by atoms with Gasteiger partial charge in [0.05, 0.1) is 12.0 Å². The second-order valence-corrected chi connectivity index (χ2v) is 3.80. The average Bonchev–Trinajstić information content (AvgIpc) is 2.13. The summed E-state index contributed by atoms with van der Waals surface area (Å²) in [6.45, 7) is 2.80. The van der Waals surface area contributed by atoms with Crippen LogP contribution in [0.2, 0.25) is 0 Å². The fourth-order valence-corrected chi connectivity index (χ4v) is 0.823. The summed E-state index contributed by atoms with van der Waals surface area (Å²) in [5.41, 5.74) is -1.21. The summed E-state index contributed by atoms with van der Waals surface area (Å²) in [7, 11) is 0. The smallest absolute Gasteiger partial charge is 0.322 e. The normalized spacial score (nSPS) is 10.1. The fourth-order valence-electron chi connectivity index (χ4n) is 0.823. The summed E-state index contributed by atoms with van der Waals surface area (Å²) in [5.74, 6) is 0.391. The van der Waals surface area contributed by atoms with Crippen LogP contribution in [0.25, 0.3) is 0 Å². The summed E-state index contributed by atoms with van der Waals surface area (Å²) in [6.07, 6.45) is 4.61. The van der Waals surface area contributed by atoms with Crippen molar-refractivity contribution in [3.63, 3.8) is 0 Å². The van der Waals surface area contributed by atoms with Crippen LogP contribution in [0.5, 0.6) is 0 Å². The van der Waals surface area contributed by atoms with Crippen molar-refractivity contribution in [2.75, 3.05) is 6.54 Å². The predicted molar refractivity (Wildman–Crippen MR) is 56.4 cm³/mol. The molecule has 0 bridgehead atoms. The van der Waals surface area contributed by atoms with Gasteiger partial charge in [-0.25, -0.2) is 4.79 Å². The molecule has 6 heteroatoms. The Balaban J connectivity index is 4.15. The maximum atomic E-state index is 11.2. The van der Waals surface area contributed by atoms with E-state index in [4.69, 9.17) is 11.5 Å². The first-order chi connectivity index (χ1) is 7.29. The van der Waals surface area contributed by atoms with Crippen molar-refractivity contribution in [2.45, 2.75) is 20.3 Å². The van der Waals surface area contributed by atoms with Gasteiger partial charge in [0.2, 0.25) is 5.91 Å². The van der Waals surface area contributed by atoms with Crippen LogP contribution in [0.3, 0.4) is 0 Å². The summed E-state index contributed by atoms with van der Waals surface area (Å²) in [6, 6.07) is -0.732. The lowest BCUT2D eigenvalue weighted by molar-refractivity contribution is -0.149. The van der Waals surface area contributed by atoms with Crippen LogP contribution in [-0.4, -0.2) is 29.6 Å². The molecule has 0 unspecified atom stereocenters. The summed E-state index contributed by atoms with van der Waals surface area (Å²) < 4.78 is 0. The Morgan fingerprint density at radius 3 is 2.38 bits per heavy atom. The molecule has 3 amide bonds. The lowest BCUT2D eigenvalue weighted by Crippen LogP contribution is -2.42. The molecule has 0 rings (SSSR count). The monoisotopic (exact) mass is 226 g/mol. The third kappa shape index (κ3) is 5.00. The van der Waals surface area contributed by atoms with Gasteiger partial charge in [-0.2, -0.15) is 0 Å². The zero-order valence-corrected chi connectivity index (χ0v) is 9.16. The number of hydrogen-bond acceptors (Lipinski definition) is 3. The molecule has 0 aliphatic rings.